The summed E-state index contributed by atoms with van der Waals surface area (Å²) in [5, 5.41) is 1.11. The fourth-order valence-corrected chi connectivity index (χ4v) is 5.56. The number of nitrogens with zero attached hydrogens (tertiary/aromatic N) is 2. The van der Waals surface area contributed by atoms with Crippen LogP contribution in [-0.4, -0.2) is 42.0 Å². The van der Waals surface area contributed by atoms with Gasteiger partial charge in [-0.2, -0.15) is 0 Å². The third-order valence-corrected chi connectivity index (χ3v) is 7.71. The molecule has 1 aliphatic heterocycles. The summed E-state index contributed by atoms with van der Waals surface area (Å²) < 4.78 is 20.5. The standard InChI is InChI=1S/C34H32FN3O2/c35-31-14-5-7-16-33(31)37-17-19-38(20-18-37)34(39)22-29(30-23-36-32-15-6-4-13-28(30)32)26-11-8-12-27(21-26)40-24-25-9-2-1-3-10-25/h1-16,21,23,29,36H,17-20,22,24H2. The Balaban J connectivity index is 1.22. The maximum atomic E-state index is 14.3. The number of aromatic nitrogens is 1. The van der Waals surface area contributed by atoms with Gasteiger partial charge in [0.15, 0.2) is 0 Å². The highest BCUT2D eigenvalue weighted by Crippen LogP contribution is 2.35. The van der Waals surface area contributed by atoms with Crippen LogP contribution < -0.4 is 9.64 Å². The molecule has 6 rings (SSSR count). The second-order valence-electron chi connectivity index (χ2n) is 10.2. The number of piperazine rings is 1. The van der Waals surface area contributed by atoms with Crippen LogP contribution in [0.2, 0.25) is 0 Å². The molecule has 1 fully saturated rings. The van der Waals surface area contributed by atoms with E-state index in [2.05, 4.69) is 29.2 Å². The fourth-order valence-electron chi connectivity index (χ4n) is 5.56. The predicted molar refractivity (Wildman–Crippen MR) is 157 cm³/mol. The smallest absolute Gasteiger partial charge is 0.223 e. The summed E-state index contributed by atoms with van der Waals surface area (Å²) in [5.74, 6) is 0.501. The van der Waals surface area contributed by atoms with E-state index in [0.717, 1.165) is 33.3 Å². The average Bonchev–Trinajstić information content (AvgIpc) is 3.44. The van der Waals surface area contributed by atoms with Crippen molar-refractivity contribution < 1.29 is 13.9 Å². The zero-order chi connectivity index (χ0) is 27.3. The third-order valence-electron chi connectivity index (χ3n) is 7.71. The van der Waals surface area contributed by atoms with Gasteiger partial charge >= 0.3 is 0 Å². The Hall–Kier alpha value is -4.58. The number of rotatable bonds is 8. The Morgan fingerprint density at radius 3 is 2.42 bits per heavy atom. The largest absolute Gasteiger partial charge is 0.489 e. The average molecular weight is 534 g/mol. The highest BCUT2D eigenvalue weighted by Gasteiger charge is 2.27. The van der Waals surface area contributed by atoms with Gasteiger partial charge in [0.2, 0.25) is 5.91 Å². The lowest BCUT2D eigenvalue weighted by atomic mass is 9.87. The minimum absolute atomic E-state index is 0.0964. The van der Waals surface area contributed by atoms with Crippen LogP contribution in [0.4, 0.5) is 10.1 Å². The van der Waals surface area contributed by atoms with Gasteiger partial charge in [0, 0.05) is 55.6 Å². The minimum Gasteiger partial charge on any atom is -0.489 e. The van der Waals surface area contributed by atoms with Crippen molar-refractivity contribution in [3.05, 3.63) is 132 Å². The molecule has 4 aromatic carbocycles. The summed E-state index contributed by atoms with van der Waals surface area (Å²) in [6.07, 6.45) is 2.36. The van der Waals surface area contributed by atoms with Gasteiger partial charge in [0.1, 0.15) is 18.2 Å². The van der Waals surface area contributed by atoms with Crippen molar-refractivity contribution in [2.24, 2.45) is 0 Å². The van der Waals surface area contributed by atoms with E-state index in [1.165, 1.54) is 6.07 Å². The van der Waals surface area contributed by atoms with Crippen LogP contribution in [0.3, 0.4) is 0 Å². The SMILES string of the molecule is O=C(CC(c1cccc(OCc2ccccc2)c1)c1c[nH]c2ccccc12)N1CCN(c2ccccc2F)CC1. The van der Waals surface area contributed by atoms with Crippen molar-refractivity contribution in [2.45, 2.75) is 18.9 Å². The zero-order valence-corrected chi connectivity index (χ0v) is 22.3. The van der Waals surface area contributed by atoms with Crippen LogP contribution in [0, 0.1) is 5.82 Å². The Morgan fingerprint density at radius 1 is 0.850 bits per heavy atom. The first-order valence-electron chi connectivity index (χ1n) is 13.8. The molecule has 5 nitrogen and oxygen atoms in total. The molecule has 0 spiro atoms. The van der Waals surface area contributed by atoms with E-state index in [4.69, 9.17) is 4.74 Å². The molecule has 1 unspecified atom stereocenters. The quantitative estimate of drug-likeness (QED) is 0.240. The summed E-state index contributed by atoms with van der Waals surface area (Å²) >= 11 is 0. The lowest BCUT2D eigenvalue weighted by Gasteiger charge is -2.36. The number of halogens is 1. The summed E-state index contributed by atoms with van der Waals surface area (Å²) in [6, 6.07) is 33.2. The maximum absolute atomic E-state index is 14.3. The Bertz CT molecular complexity index is 1590. The number of benzene rings is 4. The minimum atomic E-state index is -0.226. The van der Waals surface area contributed by atoms with Crippen molar-refractivity contribution in [3.8, 4) is 5.75 Å². The molecule has 1 N–H and O–H groups in total. The number of hydrogen-bond donors (Lipinski definition) is 1. The predicted octanol–water partition coefficient (Wildman–Crippen LogP) is 6.76. The van der Waals surface area contributed by atoms with Crippen molar-refractivity contribution in [1.29, 1.82) is 0 Å². The third kappa shape index (κ3) is 5.57. The first kappa shape index (κ1) is 25.7. The van der Waals surface area contributed by atoms with Gasteiger partial charge in [-0.05, 0) is 47.0 Å². The number of anilines is 1. The molecule has 1 aliphatic rings. The molecular formula is C34H32FN3O2. The number of amides is 1. The zero-order valence-electron chi connectivity index (χ0n) is 22.3. The van der Waals surface area contributed by atoms with Crippen LogP contribution in [0.1, 0.15) is 29.0 Å². The molecule has 6 heteroatoms. The Labute approximate surface area is 233 Å². The first-order chi connectivity index (χ1) is 19.7. The summed E-state index contributed by atoms with van der Waals surface area (Å²) in [7, 11) is 0. The number of aromatic amines is 1. The van der Waals surface area contributed by atoms with E-state index >= 15 is 0 Å². The molecule has 0 aliphatic carbocycles. The molecule has 202 valence electrons. The van der Waals surface area contributed by atoms with Gasteiger partial charge in [0.25, 0.3) is 0 Å². The van der Waals surface area contributed by atoms with Gasteiger partial charge in [-0.25, -0.2) is 4.39 Å². The molecule has 5 aromatic rings. The molecule has 1 atom stereocenters. The van der Waals surface area contributed by atoms with Crippen LogP contribution in [0.5, 0.6) is 5.75 Å². The van der Waals surface area contributed by atoms with E-state index in [-0.39, 0.29) is 17.6 Å². The molecule has 1 amide bonds. The van der Waals surface area contributed by atoms with Crippen molar-refractivity contribution in [3.63, 3.8) is 0 Å². The molecular weight excluding hydrogens is 501 g/mol. The van der Waals surface area contributed by atoms with Crippen molar-refractivity contribution >= 4 is 22.5 Å². The first-order valence-corrected chi connectivity index (χ1v) is 13.8. The van der Waals surface area contributed by atoms with Crippen molar-refractivity contribution in [1.82, 2.24) is 9.88 Å². The molecule has 1 aromatic heterocycles. The lowest BCUT2D eigenvalue weighted by molar-refractivity contribution is -0.131. The highest BCUT2D eigenvalue weighted by molar-refractivity contribution is 5.86. The van der Waals surface area contributed by atoms with Crippen LogP contribution >= 0.6 is 0 Å². The topological polar surface area (TPSA) is 48.6 Å². The number of carbonyl (C=O) groups is 1. The summed E-state index contributed by atoms with van der Waals surface area (Å²) in [4.78, 5) is 21.0. The fraction of sp³-hybridized carbons (Fsp3) is 0.206. The molecule has 0 radical (unpaired) electrons. The second-order valence-corrected chi connectivity index (χ2v) is 10.2. The Morgan fingerprint density at radius 2 is 1.60 bits per heavy atom. The molecule has 2 heterocycles. The van der Waals surface area contributed by atoms with Gasteiger partial charge < -0.3 is 19.5 Å². The molecule has 40 heavy (non-hydrogen) atoms. The van der Waals surface area contributed by atoms with E-state index in [0.29, 0.717) is 44.9 Å². The number of para-hydroxylation sites is 2. The highest BCUT2D eigenvalue weighted by atomic mass is 19.1. The van der Waals surface area contributed by atoms with Crippen molar-refractivity contribution in [2.75, 3.05) is 31.1 Å². The van der Waals surface area contributed by atoms with Gasteiger partial charge in [-0.3, -0.25) is 4.79 Å². The van der Waals surface area contributed by atoms with E-state index in [1.807, 2.05) is 76.7 Å². The summed E-state index contributed by atoms with van der Waals surface area (Å²) in [6.45, 7) is 2.82. The van der Waals surface area contributed by atoms with Crippen LogP contribution in [0.15, 0.2) is 109 Å². The number of hydrogen-bond acceptors (Lipinski definition) is 3. The summed E-state index contributed by atoms with van der Waals surface area (Å²) in [5.41, 5.74) is 4.87. The van der Waals surface area contributed by atoms with Crippen LogP contribution in [-0.2, 0) is 11.4 Å². The van der Waals surface area contributed by atoms with E-state index < -0.39 is 0 Å². The molecule has 1 saturated heterocycles. The normalized spacial score (nSPS) is 14.3. The molecule has 0 saturated carbocycles. The molecule has 0 bridgehead atoms. The maximum Gasteiger partial charge on any atom is 0.223 e. The second kappa shape index (κ2) is 11.7. The number of carbonyl (C=O) groups excluding carboxylic acids is 1. The van der Waals surface area contributed by atoms with E-state index in [9.17, 15) is 9.18 Å². The Kier molecular flexibility index (Phi) is 7.49. The van der Waals surface area contributed by atoms with E-state index in [1.54, 1.807) is 12.1 Å². The van der Waals surface area contributed by atoms with Gasteiger partial charge in [-0.1, -0.05) is 72.8 Å². The lowest BCUT2D eigenvalue weighted by Crippen LogP contribution is -2.49. The number of H-pyrrole nitrogens is 1. The number of ether oxygens (including phenoxy) is 1. The monoisotopic (exact) mass is 533 g/mol. The van der Waals surface area contributed by atoms with Gasteiger partial charge in [-0.15, -0.1) is 0 Å². The number of nitrogens with one attached hydrogen (secondary N) is 1. The van der Waals surface area contributed by atoms with Gasteiger partial charge in [0.05, 0.1) is 5.69 Å². The van der Waals surface area contributed by atoms with Crippen LogP contribution in [0.25, 0.3) is 10.9 Å². The number of fused-ring (bicyclic) bond motifs is 1.